The topological polar surface area (TPSA) is 98.1 Å². The molecule has 4 rings (SSSR count). The summed E-state index contributed by atoms with van der Waals surface area (Å²) in [7, 11) is -1.33. The third-order valence-electron chi connectivity index (χ3n) is 5.25. The van der Waals surface area contributed by atoms with E-state index < -0.39 is 9.84 Å². The Hall–Kier alpha value is -1.94. The van der Waals surface area contributed by atoms with E-state index in [1.54, 1.807) is 24.3 Å². The van der Waals surface area contributed by atoms with E-state index in [9.17, 15) is 13.2 Å². The van der Waals surface area contributed by atoms with Gasteiger partial charge in [-0.1, -0.05) is 11.8 Å². The van der Waals surface area contributed by atoms with E-state index in [-0.39, 0.29) is 28.7 Å². The molecular weight excluding hydrogens is 398 g/mol. The van der Waals surface area contributed by atoms with Gasteiger partial charge in [-0.2, -0.15) is 0 Å². The number of nitrogens with zero attached hydrogens (tertiary/aromatic N) is 5. The molecule has 2 atom stereocenters. The Kier molecular flexibility index (Phi) is 5.17. The average Bonchev–Trinajstić information content (AvgIpc) is 3.34. The summed E-state index contributed by atoms with van der Waals surface area (Å²) in [5.41, 5.74) is 0.952. The molecule has 1 aliphatic heterocycles. The van der Waals surface area contributed by atoms with Gasteiger partial charge in [-0.05, 0) is 38.3 Å². The second kappa shape index (κ2) is 7.47. The minimum atomic E-state index is -3.03. The van der Waals surface area contributed by atoms with E-state index in [1.165, 1.54) is 11.8 Å². The fourth-order valence-electron chi connectivity index (χ4n) is 3.47. The van der Waals surface area contributed by atoms with Gasteiger partial charge >= 0.3 is 0 Å². The van der Waals surface area contributed by atoms with Crippen LogP contribution < -0.4 is 0 Å². The molecule has 2 fully saturated rings. The molecule has 2 aliphatic rings. The van der Waals surface area contributed by atoms with Gasteiger partial charge in [0.1, 0.15) is 0 Å². The first kappa shape index (κ1) is 19.4. The molecule has 1 saturated heterocycles. The maximum atomic E-state index is 12.9. The minimum absolute atomic E-state index is 0.0527. The fourth-order valence-corrected chi connectivity index (χ4v) is 6.27. The molecular formula is C18H23N5O3S2. The smallest absolute Gasteiger partial charge is 0.235 e. The molecule has 0 N–H and O–H groups in total. The summed E-state index contributed by atoms with van der Waals surface area (Å²) >= 11 is 1.38. The fraction of sp³-hybridized carbons (Fsp3) is 0.556. The van der Waals surface area contributed by atoms with Crippen LogP contribution in [0.5, 0.6) is 0 Å². The van der Waals surface area contributed by atoms with Crippen molar-refractivity contribution in [3.8, 4) is 11.4 Å². The zero-order chi connectivity index (χ0) is 19.9. The van der Waals surface area contributed by atoms with Crippen LogP contribution in [-0.4, -0.2) is 68.8 Å². The molecule has 28 heavy (non-hydrogen) atoms. The molecule has 2 aromatic rings. The maximum absolute atomic E-state index is 12.9. The molecule has 0 radical (unpaired) electrons. The molecule has 10 heteroatoms. The van der Waals surface area contributed by atoms with Crippen LogP contribution in [0.4, 0.5) is 0 Å². The summed E-state index contributed by atoms with van der Waals surface area (Å²) in [4.78, 5) is 18.5. The zero-order valence-electron chi connectivity index (χ0n) is 15.9. The number of amides is 1. The summed E-state index contributed by atoms with van der Waals surface area (Å²) in [6.45, 7) is 1.84. The van der Waals surface area contributed by atoms with Crippen LogP contribution in [-0.2, 0) is 14.6 Å². The molecule has 1 amide bonds. The second-order valence-electron chi connectivity index (χ2n) is 7.41. The Balaban J connectivity index is 1.51. The van der Waals surface area contributed by atoms with E-state index in [2.05, 4.69) is 19.7 Å². The van der Waals surface area contributed by atoms with E-state index in [0.29, 0.717) is 12.5 Å². The summed E-state index contributed by atoms with van der Waals surface area (Å²) in [5, 5.41) is 9.06. The molecule has 0 unspecified atom stereocenters. The monoisotopic (exact) mass is 421 g/mol. The number of hydrogen-bond donors (Lipinski definition) is 0. The molecule has 3 heterocycles. The first-order valence-corrected chi connectivity index (χ1v) is 12.0. The highest BCUT2D eigenvalue weighted by atomic mass is 32.2. The molecule has 0 spiro atoms. The van der Waals surface area contributed by atoms with Crippen molar-refractivity contribution in [1.82, 2.24) is 24.6 Å². The first-order chi connectivity index (χ1) is 13.4. The van der Waals surface area contributed by atoms with Crippen LogP contribution in [0.15, 0.2) is 29.7 Å². The highest BCUT2D eigenvalue weighted by Crippen LogP contribution is 2.41. The minimum Gasteiger partial charge on any atom is -0.341 e. The molecule has 1 saturated carbocycles. The van der Waals surface area contributed by atoms with Crippen molar-refractivity contribution in [1.29, 1.82) is 0 Å². The number of hydrogen-bond acceptors (Lipinski definition) is 7. The molecule has 2 aromatic heterocycles. The molecule has 150 valence electrons. The van der Waals surface area contributed by atoms with Crippen LogP contribution in [0, 0.1) is 0 Å². The van der Waals surface area contributed by atoms with E-state index in [0.717, 1.165) is 29.4 Å². The highest BCUT2D eigenvalue weighted by molar-refractivity contribution is 8.00. The van der Waals surface area contributed by atoms with Crippen molar-refractivity contribution in [3.63, 3.8) is 0 Å². The molecule has 0 bridgehead atoms. The van der Waals surface area contributed by atoms with Gasteiger partial charge in [0.05, 0.1) is 16.8 Å². The third-order valence-corrected chi connectivity index (χ3v) is 8.04. The van der Waals surface area contributed by atoms with Gasteiger partial charge in [0.25, 0.3) is 0 Å². The van der Waals surface area contributed by atoms with E-state index in [1.807, 2.05) is 19.1 Å². The molecule has 1 aliphatic carbocycles. The third kappa shape index (κ3) is 3.93. The summed E-state index contributed by atoms with van der Waals surface area (Å²) in [6, 6.07) is 3.93. The van der Waals surface area contributed by atoms with Crippen LogP contribution in [0.1, 0.15) is 32.2 Å². The zero-order valence-corrected chi connectivity index (χ0v) is 17.5. The number of carbonyl (C=O) groups is 1. The highest BCUT2D eigenvalue weighted by Gasteiger charge is 2.36. The van der Waals surface area contributed by atoms with Crippen LogP contribution in [0.25, 0.3) is 11.4 Å². The lowest BCUT2D eigenvalue weighted by Gasteiger charge is -2.26. The summed E-state index contributed by atoms with van der Waals surface area (Å²) in [6.07, 6.45) is 6.11. The second-order valence-corrected chi connectivity index (χ2v) is 10.9. The van der Waals surface area contributed by atoms with E-state index in [4.69, 9.17) is 0 Å². The van der Waals surface area contributed by atoms with Gasteiger partial charge in [0.15, 0.2) is 20.8 Å². The number of thioether (sulfide) groups is 1. The van der Waals surface area contributed by atoms with E-state index >= 15 is 0 Å². The van der Waals surface area contributed by atoms with Crippen molar-refractivity contribution in [3.05, 3.63) is 24.5 Å². The Labute approximate surface area is 168 Å². The van der Waals surface area contributed by atoms with Crippen LogP contribution in [0.2, 0.25) is 0 Å². The summed E-state index contributed by atoms with van der Waals surface area (Å²) < 4.78 is 25.6. The molecule has 8 nitrogen and oxygen atoms in total. The number of rotatable bonds is 6. The number of pyridine rings is 1. The quantitative estimate of drug-likeness (QED) is 0.656. The van der Waals surface area contributed by atoms with Crippen molar-refractivity contribution < 1.29 is 13.2 Å². The Bertz CT molecular complexity index is 972. The van der Waals surface area contributed by atoms with Gasteiger partial charge in [-0.25, -0.2) is 8.42 Å². The predicted octanol–water partition coefficient (Wildman–Crippen LogP) is 1.80. The first-order valence-electron chi connectivity index (χ1n) is 9.35. The van der Waals surface area contributed by atoms with Crippen LogP contribution >= 0.6 is 11.8 Å². The lowest BCUT2D eigenvalue weighted by molar-refractivity contribution is -0.130. The van der Waals surface area contributed by atoms with Gasteiger partial charge in [0.2, 0.25) is 5.91 Å². The number of carbonyl (C=O) groups excluding carboxylic acids is 1. The van der Waals surface area contributed by atoms with Crippen molar-refractivity contribution >= 4 is 27.5 Å². The predicted molar refractivity (Wildman–Crippen MR) is 107 cm³/mol. The Morgan fingerprint density at radius 2 is 1.96 bits per heavy atom. The average molecular weight is 422 g/mol. The Morgan fingerprint density at radius 3 is 2.57 bits per heavy atom. The SMILES string of the molecule is C[C@@H](Sc1nnc(-c2ccncc2)n1C1CC1)C(=O)N(C)[C@H]1CCS(=O)(=O)C1. The van der Waals surface area contributed by atoms with Crippen LogP contribution in [0.3, 0.4) is 0 Å². The Morgan fingerprint density at radius 1 is 1.25 bits per heavy atom. The van der Waals surface area contributed by atoms with Crippen molar-refractivity contribution in [2.24, 2.45) is 0 Å². The standard InChI is InChI=1S/C18H23N5O3S2/c1-12(17(24)22(2)15-7-10-28(25,26)11-15)27-18-21-20-16(23(18)14-3-4-14)13-5-8-19-9-6-13/h5-6,8-9,12,14-15H,3-4,7,10-11H2,1-2H3/t12-,15+/m1/s1. The van der Waals surface area contributed by atoms with Crippen molar-refractivity contribution in [2.45, 2.75) is 48.7 Å². The lowest BCUT2D eigenvalue weighted by atomic mass is 10.2. The largest absolute Gasteiger partial charge is 0.341 e. The maximum Gasteiger partial charge on any atom is 0.235 e. The number of sulfone groups is 1. The van der Waals surface area contributed by atoms with Gasteiger partial charge in [-0.3, -0.25) is 14.3 Å². The van der Waals surface area contributed by atoms with Gasteiger partial charge < -0.3 is 4.90 Å². The molecule has 0 aromatic carbocycles. The van der Waals surface area contributed by atoms with Crippen molar-refractivity contribution in [2.75, 3.05) is 18.6 Å². The normalized spacial score (nSPS) is 22.1. The summed E-state index contributed by atoms with van der Waals surface area (Å²) in [5.74, 6) is 0.921. The lowest BCUT2D eigenvalue weighted by Crippen LogP contribution is -2.41. The number of aromatic nitrogens is 4. The van der Waals surface area contributed by atoms with Gasteiger partial charge in [0, 0.05) is 37.1 Å². The van der Waals surface area contributed by atoms with Gasteiger partial charge in [-0.15, -0.1) is 10.2 Å².